The van der Waals surface area contributed by atoms with Crippen LogP contribution in [0.5, 0.6) is 0 Å². The van der Waals surface area contributed by atoms with E-state index < -0.39 is 0 Å². The summed E-state index contributed by atoms with van der Waals surface area (Å²) in [4.78, 5) is 0. The minimum atomic E-state index is 0.649. The van der Waals surface area contributed by atoms with Gasteiger partial charge in [0.2, 0.25) is 0 Å². The fourth-order valence-electron chi connectivity index (χ4n) is 3.59. The van der Waals surface area contributed by atoms with Crippen LogP contribution in [0.4, 0.5) is 0 Å². The Labute approximate surface area is 88.7 Å². The summed E-state index contributed by atoms with van der Waals surface area (Å²) < 4.78 is 0. The predicted molar refractivity (Wildman–Crippen MR) is 61.2 cm³/mol. The second-order valence-corrected chi connectivity index (χ2v) is 6.26. The zero-order valence-corrected chi connectivity index (χ0v) is 10.1. The van der Waals surface area contributed by atoms with Crippen LogP contribution >= 0.6 is 0 Å². The van der Waals surface area contributed by atoms with E-state index in [0.29, 0.717) is 11.5 Å². The zero-order chi connectivity index (χ0) is 10.3. The monoisotopic (exact) mass is 195 g/mol. The SMILES string of the molecule is CC(C)NC[C@@H]1CC[C@H]2C[C@@H]1C2(C)C. The van der Waals surface area contributed by atoms with Gasteiger partial charge in [0.1, 0.15) is 0 Å². The maximum atomic E-state index is 3.61. The van der Waals surface area contributed by atoms with Crippen molar-refractivity contribution >= 4 is 0 Å². The van der Waals surface area contributed by atoms with Crippen molar-refractivity contribution in [2.24, 2.45) is 23.2 Å². The molecular formula is C13H25N. The van der Waals surface area contributed by atoms with Crippen LogP contribution in [0.15, 0.2) is 0 Å². The van der Waals surface area contributed by atoms with Crippen molar-refractivity contribution in [3.8, 4) is 0 Å². The van der Waals surface area contributed by atoms with E-state index in [1.807, 2.05) is 0 Å². The van der Waals surface area contributed by atoms with Crippen molar-refractivity contribution < 1.29 is 0 Å². The minimum Gasteiger partial charge on any atom is -0.314 e. The van der Waals surface area contributed by atoms with E-state index in [-0.39, 0.29) is 0 Å². The van der Waals surface area contributed by atoms with E-state index in [4.69, 9.17) is 0 Å². The van der Waals surface area contributed by atoms with E-state index in [1.54, 1.807) is 0 Å². The standard InChI is InChI=1S/C13H25N/c1-9(2)14-8-10-5-6-11-7-12(10)13(11,3)4/h9-12,14H,5-8H2,1-4H3/t10-,11-,12-/m0/s1. The fourth-order valence-corrected chi connectivity index (χ4v) is 3.59. The molecule has 2 bridgehead atoms. The van der Waals surface area contributed by atoms with Crippen molar-refractivity contribution in [3.63, 3.8) is 0 Å². The van der Waals surface area contributed by atoms with Gasteiger partial charge in [-0.15, -0.1) is 0 Å². The highest BCUT2D eigenvalue weighted by Gasteiger charge is 2.53. The van der Waals surface area contributed by atoms with Gasteiger partial charge in [0.15, 0.2) is 0 Å². The van der Waals surface area contributed by atoms with Crippen LogP contribution in [0, 0.1) is 23.2 Å². The summed E-state index contributed by atoms with van der Waals surface area (Å²) in [7, 11) is 0. The number of fused-ring (bicyclic) bond motifs is 2. The molecule has 0 aromatic heterocycles. The van der Waals surface area contributed by atoms with E-state index in [2.05, 4.69) is 33.0 Å². The molecule has 1 N–H and O–H groups in total. The molecule has 3 aliphatic rings. The largest absolute Gasteiger partial charge is 0.314 e. The lowest BCUT2D eigenvalue weighted by Crippen LogP contribution is -2.54. The normalized spacial score (nSPS) is 39.6. The third-order valence-electron chi connectivity index (χ3n) is 4.79. The van der Waals surface area contributed by atoms with E-state index in [9.17, 15) is 0 Å². The van der Waals surface area contributed by atoms with Gasteiger partial charge < -0.3 is 5.32 Å². The Hall–Kier alpha value is -0.0400. The lowest BCUT2D eigenvalue weighted by Gasteiger charge is -2.60. The van der Waals surface area contributed by atoms with Crippen LogP contribution in [0.1, 0.15) is 47.0 Å². The average molecular weight is 195 g/mol. The first kappa shape index (κ1) is 10.5. The van der Waals surface area contributed by atoms with Gasteiger partial charge in [0.25, 0.3) is 0 Å². The summed E-state index contributed by atoms with van der Waals surface area (Å²) in [5, 5.41) is 3.61. The topological polar surface area (TPSA) is 12.0 Å². The van der Waals surface area contributed by atoms with E-state index in [1.165, 1.54) is 25.8 Å². The molecule has 0 aliphatic heterocycles. The second-order valence-electron chi connectivity index (χ2n) is 6.26. The quantitative estimate of drug-likeness (QED) is 0.730. The van der Waals surface area contributed by atoms with Crippen LogP contribution in [-0.2, 0) is 0 Å². The fraction of sp³-hybridized carbons (Fsp3) is 1.00. The first-order valence-corrected chi connectivity index (χ1v) is 6.25. The summed E-state index contributed by atoms with van der Waals surface area (Å²) >= 11 is 0. The van der Waals surface area contributed by atoms with Crippen molar-refractivity contribution in [1.82, 2.24) is 5.32 Å². The van der Waals surface area contributed by atoms with Crippen LogP contribution in [0.2, 0.25) is 0 Å². The highest BCUT2D eigenvalue weighted by Crippen LogP contribution is 2.61. The molecule has 3 aliphatic carbocycles. The van der Waals surface area contributed by atoms with Crippen LogP contribution in [-0.4, -0.2) is 12.6 Å². The van der Waals surface area contributed by atoms with Crippen molar-refractivity contribution in [1.29, 1.82) is 0 Å². The first-order chi connectivity index (χ1) is 6.51. The maximum absolute atomic E-state index is 3.61. The maximum Gasteiger partial charge on any atom is 0.00104 e. The van der Waals surface area contributed by atoms with Gasteiger partial charge >= 0.3 is 0 Å². The molecule has 14 heavy (non-hydrogen) atoms. The van der Waals surface area contributed by atoms with E-state index in [0.717, 1.165) is 17.8 Å². The molecule has 0 spiro atoms. The summed E-state index contributed by atoms with van der Waals surface area (Å²) in [5.74, 6) is 3.01. The van der Waals surface area contributed by atoms with Crippen LogP contribution in [0.25, 0.3) is 0 Å². The molecule has 3 rings (SSSR count). The molecule has 0 aromatic rings. The Morgan fingerprint density at radius 1 is 1.29 bits per heavy atom. The van der Waals surface area contributed by atoms with Crippen LogP contribution in [0.3, 0.4) is 0 Å². The van der Waals surface area contributed by atoms with Gasteiger partial charge in [-0.3, -0.25) is 0 Å². The number of hydrogen-bond acceptors (Lipinski definition) is 1. The molecule has 0 unspecified atom stereocenters. The number of rotatable bonds is 3. The number of hydrogen-bond donors (Lipinski definition) is 1. The molecule has 82 valence electrons. The van der Waals surface area contributed by atoms with Crippen LogP contribution < -0.4 is 5.32 Å². The summed E-state index contributed by atoms with van der Waals surface area (Å²) in [6, 6.07) is 0.649. The lowest BCUT2D eigenvalue weighted by molar-refractivity contribution is -0.104. The highest BCUT2D eigenvalue weighted by molar-refractivity contribution is 5.03. The molecule has 0 saturated heterocycles. The third kappa shape index (κ3) is 1.60. The number of nitrogens with one attached hydrogen (secondary N) is 1. The molecule has 3 atom stereocenters. The Morgan fingerprint density at radius 2 is 2.00 bits per heavy atom. The second kappa shape index (κ2) is 3.52. The molecule has 3 saturated carbocycles. The molecule has 0 heterocycles. The van der Waals surface area contributed by atoms with Gasteiger partial charge in [-0.05, 0) is 49.0 Å². The molecular weight excluding hydrogens is 170 g/mol. The first-order valence-electron chi connectivity index (χ1n) is 6.25. The van der Waals surface area contributed by atoms with Gasteiger partial charge in [0, 0.05) is 6.04 Å². The highest BCUT2D eigenvalue weighted by atomic mass is 14.9. The zero-order valence-electron chi connectivity index (χ0n) is 10.1. The molecule has 0 aromatic carbocycles. The Morgan fingerprint density at radius 3 is 2.50 bits per heavy atom. The minimum absolute atomic E-state index is 0.649. The van der Waals surface area contributed by atoms with E-state index >= 15 is 0 Å². The van der Waals surface area contributed by atoms with Gasteiger partial charge in [-0.2, -0.15) is 0 Å². The van der Waals surface area contributed by atoms with Crippen molar-refractivity contribution in [2.75, 3.05) is 6.54 Å². The molecule has 3 fully saturated rings. The average Bonchev–Trinajstić information content (AvgIpc) is 2.14. The van der Waals surface area contributed by atoms with Gasteiger partial charge in [-0.1, -0.05) is 27.7 Å². The predicted octanol–water partition coefficient (Wildman–Crippen LogP) is 3.06. The molecule has 0 amide bonds. The van der Waals surface area contributed by atoms with Crippen molar-refractivity contribution in [2.45, 2.75) is 53.0 Å². The smallest absolute Gasteiger partial charge is 0.00104 e. The summed E-state index contributed by atoms with van der Waals surface area (Å²) in [6.45, 7) is 10.7. The molecule has 1 nitrogen and oxygen atoms in total. The van der Waals surface area contributed by atoms with Gasteiger partial charge in [-0.25, -0.2) is 0 Å². The Kier molecular flexibility index (Phi) is 2.63. The summed E-state index contributed by atoms with van der Waals surface area (Å²) in [5.41, 5.74) is 0.654. The Bertz CT molecular complexity index is 205. The Balaban J connectivity index is 1.88. The lowest BCUT2D eigenvalue weighted by atomic mass is 9.45. The van der Waals surface area contributed by atoms with Crippen molar-refractivity contribution in [3.05, 3.63) is 0 Å². The molecule has 0 radical (unpaired) electrons. The third-order valence-corrected chi connectivity index (χ3v) is 4.79. The van der Waals surface area contributed by atoms with Gasteiger partial charge in [0.05, 0.1) is 0 Å². The molecule has 1 heteroatoms. The summed E-state index contributed by atoms with van der Waals surface area (Å²) in [6.07, 6.45) is 4.46.